The van der Waals surface area contributed by atoms with E-state index in [9.17, 15) is 13.2 Å². The van der Waals surface area contributed by atoms with Crippen molar-refractivity contribution < 1.29 is 22.7 Å². The minimum atomic E-state index is -3.79. The third-order valence-corrected chi connectivity index (χ3v) is 7.26. The minimum absolute atomic E-state index is 0.237. The molecule has 1 N–H and O–H groups in total. The monoisotopic (exact) mass is 510 g/mol. The highest BCUT2D eigenvalue weighted by molar-refractivity contribution is 7.92. The van der Waals surface area contributed by atoms with Crippen LogP contribution in [0.2, 0.25) is 5.02 Å². The lowest BCUT2D eigenvalue weighted by Gasteiger charge is -2.31. The van der Waals surface area contributed by atoms with Crippen molar-refractivity contribution in [2.45, 2.75) is 59.0 Å². The topological polar surface area (TPSA) is 84.9 Å². The Labute approximate surface area is 208 Å². The van der Waals surface area contributed by atoms with Gasteiger partial charge in [0.25, 0.3) is 0 Å². The molecule has 2 aromatic carbocycles. The SMILES string of the molecule is CC[C@H](C(=O)N[C@H](C)c1cc(C(C)C)c(OC)cc1C)N(c1ccc(OC)c(Cl)c1)S(C)(=O)=O. The molecule has 0 spiro atoms. The van der Waals surface area contributed by atoms with E-state index in [0.717, 1.165) is 33.0 Å². The zero-order valence-electron chi connectivity index (χ0n) is 21.1. The van der Waals surface area contributed by atoms with Gasteiger partial charge in [-0.3, -0.25) is 9.10 Å². The molecule has 2 rings (SSSR count). The largest absolute Gasteiger partial charge is 0.496 e. The van der Waals surface area contributed by atoms with Gasteiger partial charge in [0.15, 0.2) is 0 Å². The summed E-state index contributed by atoms with van der Waals surface area (Å²) in [6.07, 6.45) is 1.35. The van der Waals surface area contributed by atoms with Crippen molar-refractivity contribution in [1.29, 1.82) is 0 Å². The van der Waals surface area contributed by atoms with Crippen LogP contribution in [-0.4, -0.2) is 40.8 Å². The number of hydrogen-bond donors (Lipinski definition) is 1. The molecular weight excluding hydrogens is 476 g/mol. The number of halogens is 1. The summed E-state index contributed by atoms with van der Waals surface area (Å²) in [5.41, 5.74) is 3.27. The lowest BCUT2D eigenvalue weighted by molar-refractivity contribution is -0.122. The van der Waals surface area contributed by atoms with E-state index < -0.39 is 22.0 Å². The summed E-state index contributed by atoms with van der Waals surface area (Å²) in [5.74, 6) is 1.07. The molecule has 188 valence electrons. The fraction of sp³-hybridized carbons (Fsp3) is 0.480. The van der Waals surface area contributed by atoms with Gasteiger partial charge in [-0.05, 0) is 73.2 Å². The molecule has 0 unspecified atom stereocenters. The van der Waals surface area contributed by atoms with Crippen molar-refractivity contribution in [2.24, 2.45) is 0 Å². The van der Waals surface area contributed by atoms with Crippen molar-refractivity contribution in [3.63, 3.8) is 0 Å². The van der Waals surface area contributed by atoms with Crippen LogP contribution in [0.5, 0.6) is 11.5 Å². The Bertz CT molecular complexity index is 1130. The van der Waals surface area contributed by atoms with Gasteiger partial charge in [0.2, 0.25) is 15.9 Å². The van der Waals surface area contributed by atoms with Crippen LogP contribution in [0.25, 0.3) is 0 Å². The van der Waals surface area contributed by atoms with Gasteiger partial charge in [0.05, 0.1) is 37.2 Å². The van der Waals surface area contributed by atoms with E-state index in [1.807, 2.05) is 26.0 Å². The number of carbonyl (C=O) groups is 1. The summed E-state index contributed by atoms with van der Waals surface area (Å²) in [5, 5.41) is 3.26. The van der Waals surface area contributed by atoms with Crippen molar-refractivity contribution in [2.75, 3.05) is 24.8 Å². The van der Waals surface area contributed by atoms with Crippen LogP contribution < -0.4 is 19.1 Å². The molecule has 0 saturated carbocycles. The summed E-state index contributed by atoms with van der Waals surface area (Å²) in [4.78, 5) is 13.4. The number of sulfonamides is 1. The summed E-state index contributed by atoms with van der Waals surface area (Å²) < 4.78 is 37.3. The van der Waals surface area contributed by atoms with Crippen LogP contribution in [-0.2, 0) is 14.8 Å². The van der Waals surface area contributed by atoms with Gasteiger partial charge in [-0.25, -0.2) is 8.42 Å². The standard InChI is InChI=1S/C25H35ClN2O5S/c1-9-22(28(34(8,30)31)18-10-11-23(32-6)21(26)13-18)25(29)27-17(5)20-14-19(15(2)3)24(33-7)12-16(20)4/h10-15,17,22H,9H2,1-8H3,(H,27,29)/t17-,22-/m1/s1. The average Bonchev–Trinajstić information content (AvgIpc) is 2.75. The number of aryl methyl sites for hydroxylation is 1. The predicted molar refractivity (Wildman–Crippen MR) is 138 cm³/mol. The molecule has 9 heteroatoms. The predicted octanol–water partition coefficient (Wildman–Crippen LogP) is 5.21. The van der Waals surface area contributed by atoms with Crippen molar-refractivity contribution in [3.8, 4) is 11.5 Å². The zero-order valence-corrected chi connectivity index (χ0v) is 22.7. The molecule has 1 amide bonds. The molecule has 0 fully saturated rings. The molecule has 0 aliphatic carbocycles. The quantitative estimate of drug-likeness (QED) is 0.474. The molecule has 2 atom stereocenters. The fourth-order valence-electron chi connectivity index (χ4n) is 4.05. The number of nitrogens with zero attached hydrogens (tertiary/aromatic N) is 1. The number of rotatable bonds is 10. The van der Waals surface area contributed by atoms with E-state index >= 15 is 0 Å². The van der Waals surface area contributed by atoms with Crippen LogP contribution in [0.3, 0.4) is 0 Å². The van der Waals surface area contributed by atoms with Gasteiger partial charge >= 0.3 is 0 Å². The van der Waals surface area contributed by atoms with Gasteiger partial charge in [-0.1, -0.05) is 32.4 Å². The second-order valence-corrected chi connectivity index (χ2v) is 10.9. The molecule has 0 aliphatic heterocycles. The third kappa shape index (κ3) is 6.16. The number of hydrogen-bond acceptors (Lipinski definition) is 5. The second-order valence-electron chi connectivity index (χ2n) is 8.64. The summed E-state index contributed by atoms with van der Waals surface area (Å²) in [7, 11) is -0.671. The summed E-state index contributed by atoms with van der Waals surface area (Å²) in [6, 6.07) is 7.36. The molecule has 7 nitrogen and oxygen atoms in total. The number of anilines is 1. The number of benzene rings is 2. The Balaban J connectivity index is 2.42. The highest BCUT2D eigenvalue weighted by atomic mass is 35.5. The Morgan fingerprint density at radius 2 is 1.68 bits per heavy atom. The number of methoxy groups -OCH3 is 2. The van der Waals surface area contributed by atoms with Crippen LogP contribution in [0.4, 0.5) is 5.69 Å². The van der Waals surface area contributed by atoms with Crippen LogP contribution in [0, 0.1) is 6.92 Å². The molecule has 0 radical (unpaired) electrons. The molecule has 0 aliphatic rings. The summed E-state index contributed by atoms with van der Waals surface area (Å²) >= 11 is 6.24. The molecule has 0 aromatic heterocycles. The highest BCUT2D eigenvalue weighted by Crippen LogP contribution is 2.34. The maximum atomic E-state index is 13.4. The van der Waals surface area contributed by atoms with E-state index in [1.54, 1.807) is 26.2 Å². The van der Waals surface area contributed by atoms with Gasteiger partial charge in [0.1, 0.15) is 17.5 Å². The number of nitrogens with one attached hydrogen (secondary N) is 1. The van der Waals surface area contributed by atoms with Crippen molar-refractivity contribution in [3.05, 3.63) is 52.0 Å². The lowest BCUT2D eigenvalue weighted by atomic mass is 9.93. The molecule has 2 aromatic rings. The van der Waals surface area contributed by atoms with Gasteiger partial charge in [-0.2, -0.15) is 0 Å². The zero-order chi connectivity index (χ0) is 25.8. The average molecular weight is 511 g/mol. The van der Waals surface area contributed by atoms with Gasteiger partial charge in [0, 0.05) is 0 Å². The first-order valence-corrected chi connectivity index (χ1v) is 13.4. The molecular formula is C25H35ClN2O5S. The van der Waals surface area contributed by atoms with E-state index in [0.29, 0.717) is 11.4 Å². The molecule has 34 heavy (non-hydrogen) atoms. The van der Waals surface area contributed by atoms with E-state index in [2.05, 4.69) is 19.2 Å². The van der Waals surface area contributed by atoms with Crippen molar-refractivity contribution >= 4 is 33.2 Å². The Morgan fingerprint density at radius 1 is 1.06 bits per heavy atom. The summed E-state index contributed by atoms with van der Waals surface area (Å²) in [6.45, 7) is 9.78. The maximum absolute atomic E-state index is 13.4. The van der Waals surface area contributed by atoms with Crippen LogP contribution >= 0.6 is 11.6 Å². The first-order valence-electron chi connectivity index (χ1n) is 11.2. The van der Waals surface area contributed by atoms with E-state index in [4.69, 9.17) is 21.1 Å². The first kappa shape index (κ1) is 27.8. The Hall–Kier alpha value is -2.45. The van der Waals surface area contributed by atoms with Crippen molar-refractivity contribution in [1.82, 2.24) is 5.32 Å². The first-order chi connectivity index (χ1) is 15.8. The Kier molecular flexibility index (Phi) is 9.25. The van der Waals surface area contributed by atoms with E-state index in [1.165, 1.54) is 13.2 Å². The van der Waals surface area contributed by atoms with Crippen LogP contribution in [0.15, 0.2) is 30.3 Å². The van der Waals surface area contributed by atoms with E-state index in [-0.39, 0.29) is 23.4 Å². The second kappa shape index (κ2) is 11.3. The smallest absolute Gasteiger partial charge is 0.244 e. The van der Waals surface area contributed by atoms with Crippen LogP contribution in [0.1, 0.15) is 62.8 Å². The van der Waals surface area contributed by atoms with Gasteiger partial charge < -0.3 is 14.8 Å². The minimum Gasteiger partial charge on any atom is -0.496 e. The number of ether oxygens (including phenoxy) is 2. The molecule has 0 bridgehead atoms. The molecule has 0 heterocycles. The Morgan fingerprint density at radius 3 is 2.15 bits per heavy atom. The molecule has 0 saturated heterocycles. The maximum Gasteiger partial charge on any atom is 0.244 e. The van der Waals surface area contributed by atoms with Gasteiger partial charge in [-0.15, -0.1) is 0 Å². The normalized spacial score (nSPS) is 13.4. The number of amides is 1. The third-order valence-electron chi connectivity index (χ3n) is 5.79. The highest BCUT2D eigenvalue weighted by Gasteiger charge is 2.33. The lowest BCUT2D eigenvalue weighted by Crippen LogP contribution is -2.49. The fourth-order valence-corrected chi connectivity index (χ4v) is 5.51. The number of carbonyl (C=O) groups excluding carboxylic acids is 1.